The van der Waals surface area contributed by atoms with Gasteiger partial charge in [0.2, 0.25) is 5.95 Å². The number of aromatic nitrogens is 1. The zero-order chi connectivity index (χ0) is 8.43. The van der Waals surface area contributed by atoms with Crippen molar-refractivity contribution in [2.75, 3.05) is 0 Å². The summed E-state index contributed by atoms with van der Waals surface area (Å²) < 4.78 is 25.1. The van der Waals surface area contributed by atoms with Crippen molar-refractivity contribution in [3.05, 3.63) is 29.1 Å². The van der Waals surface area contributed by atoms with Gasteiger partial charge in [-0.25, -0.2) is 9.37 Å². The quantitative estimate of drug-likeness (QED) is 0.474. The molecule has 0 aliphatic heterocycles. The molecule has 0 fully saturated rings. The lowest BCUT2D eigenvalue weighted by Gasteiger charge is -1.99. The van der Waals surface area contributed by atoms with E-state index < -0.39 is 11.8 Å². The van der Waals surface area contributed by atoms with E-state index in [0.29, 0.717) is 5.69 Å². The van der Waals surface area contributed by atoms with Gasteiger partial charge in [0.25, 0.3) is 0 Å². The second-order valence-electron chi connectivity index (χ2n) is 2.16. The Bertz CT molecular complexity index is 275. The van der Waals surface area contributed by atoms with Crippen LogP contribution in [-0.2, 0) is 5.88 Å². The number of aryl methyl sites for hydroxylation is 1. The van der Waals surface area contributed by atoms with Crippen molar-refractivity contribution < 1.29 is 8.78 Å². The summed E-state index contributed by atoms with van der Waals surface area (Å²) >= 11 is 5.34. The number of pyridine rings is 1. The van der Waals surface area contributed by atoms with Crippen molar-refractivity contribution in [3.63, 3.8) is 0 Å². The predicted octanol–water partition coefficient (Wildman–Crippen LogP) is 2.41. The summed E-state index contributed by atoms with van der Waals surface area (Å²) in [5.74, 6) is -2.07. The summed E-state index contributed by atoms with van der Waals surface area (Å²) in [6, 6.07) is 1.42. The SMILES string of the molecule is Cc1cc(CCl)c(F)c(F)n1. The molecule has 0 atom stereocenters. The van der Waals surface area contributed by atoms with E-state index in [1.807, 2.05) is 0 Å². The Morgan fingerprint density at radius 3 is 2.73 bits per heavy atom. The average molecular weight is 178 g/mol. The van der Waals surface area contributed by atoms with E-state index in [1.54, 1.807) is 6.92 Å². The van der Waals surface area contributed by atoms with Crippen LogP contribution in [0.1, 0.15) is 11.3 Å². The van der Waals surface area contributed by atoms with E-state index in [-0.39, 0.29) is 11.4 Å². The Morgan fingerprint density at radius 1 is 1.55 bits per heavy atom. The third kappa shape index (κ3) is 1.66. The van der Waals surface area contributed by atoms with E-state index in [1.165, 1.54) is 6.07 Å². The van der Waals surface area contributed by atoms with Crippen LogP contribution in [0.4, 0.5) is 8.78 Å². The molecule has 1 aromatic rings. The third-order valence-electron chi connectivity index (χ3n) is 1.26. The maximum atomic E-state index is 12.7. The zero-order valence-corrected chi connectivity index (χ0v) is 6.62. The highest BCUT2D eigenvalue weighted by Crippen LogP contribution is 2.13. The van der Waals surface area contributed by atoms with E-state index in [4.69, 9.17) is 11.6 Å². The highest BCUT2D eigenvalue weighted by atomic mass is 35.5. The van der Waals surface area contributed by atoms with Gasteiger partial charge in [-0.3, -0.25) is 0 Å². The fourth-order valence-electron chi connectivity index (χ4n) is 0.781. The lowest BCUT2D eigenvalue weighted by Crippen LogP contribution is -1.97. The molecule has 1 heterocycles. The second kappa shape index (κ2) is 3.13. The molecule has 0 unspecified atom stereocenters. The molecule has 0 spiro atoms. The lowest BCUT2D eigenvalue weighted by atomic mass is 10.2. The summed E-state index contributed by atoms with van der Waals surface area (Å²) in [6.45, 7) is 1.58. The van der Waals surface area contributed by atoms with Gasteiger partial charge in [0.05, 0.1) is 5.88 Å². The van der Waals surface area contributed by atoms with E-state index in [9.17, 15) is 8.78 Å². The summed E-state index contributed by atoms with van der Waals surface area (Å²) in [6.07, 6.45) is 0. The first kappa shape index (κ1) is 8.40. The highest BCUT2D eigenvalue weighted by Gasteiger charge is 2.08. The standard InChI is InChI=1S/C7H6ClF2N/c1-4-2-5(3-8)6(9)7(10)11-4/h2H,3H2,1H3. The first-order chi connectivity index (χ1) is 5.15. The Labute approximate surface area is 68.0 Å². The van der Waals surface area contributed by atoms with Crippen molar-refractivity contribution in [2.45, 2.75) is 12.8 Å². The van der Waals surface area contributed by atoms with Gasteiger partial charge in [0.15, 0.2) is 5.82 Å². The van der Waals surface area contributed by atoms with Crippen LogP contribution in [0, 0.1) is 18.7 Å². The molecule has 1 aromatic heterocycles. The van der Waals surface area contributed by atoms with Crippen molar-refractivity contribution in [1.29, 1.82) is 0 Å². The van der Waals surface area contributed by atoms with Crippen LogP contribution < -0.4 is 0 Å². The molecule has 0 amide bonds. The number of hydrogen-bond acceptors (Lipinski definition) is 1. The first-order valence-corrected chi connectivity index (χ1v) is 3.56. The smallest absolute Gasteiger partial charge is 0.223 e. The number of rotatable bonds is 1. The first-order valence-electron chi connectivity index (χ1n) is 3.02. The largest absolute Gasteiger partial charge is 0.249 e. The molecule has 4 heteroatoms. The van der Waals surface area contributed by atoms with Gasteiger partial charge in [-0.1, -0.05) is 0 Å². The monoisotopic (exact) mass is 177 g/mol. The minimum atomic E-state index is -1.08. The lowest BCUT2D eigenvalue weighted by molar-refractivity contribution is 0.471. The zero-order valence-electron chi connectivity index (χ0n) is 5.87. The van der Waals surface area contributed by atoms with Crippen molar-refractivity contribution in [2.24, 2.45) is 0 Å². The van der Waals surface area contributed by atoms with Gasteiger partial charge < -0.3 is 0 Å². The van der Waals surface area contributed by atoms with E-state index in [0.717, 1.165) is 0 Å². The average Bonchev–Trinajstić information content (AvgIpc) is 1.96. The highest BCUT2D eigenvalue weighted by molar-refractivity contribution is 6.17. The molecule has 0 aliphatic carbocycles. The molecule has 0 aliphatic rings. The van der Waals surface area contributed by atoms with E-state index >= 15 is 0 Å². The van der Waals surface area contributed by atoms with Gasteiger partial charge in [-0.05, 0) is 13.0 Å². The number of halogens is 3. The van der Waals surface area contributed by atoms with Crippen LogP contribution in [0.25, 0.3) is 0 Å². The fourth-order valence-corrected chi connectivity index (χ4v) is 0.976. The summed E-state index contributed by atoms with van der Waals surface area (Å²) in [7, 11) is 0. The van der Waals surface area contributed by atoms with Crippen molar-refractivity contribution in [1.82, 2.24) is 4.98 Å². The predicted molar refractivity (Wildman–Crippen MR) is 38.4 cm³/mol. The minimum absolute atomic E-state index is 0.0356. The Morgan fingerprint density at radius 2 is 2.18 bits per heavy atom. The van der Waals surface area contributed by atoms with Crippen LogP contribution in [0.15, 0.2) is 6.07 Å². The summed E-state index contributed by atoms with van der Waals surface area (Å²) in [4.78, 5) is 3.28. The maximum Gasteiger partial charge on any atom is 0.249 e. The van der Waals surface area contributed by atoms with Gasteiger partial charge in [-0.2, -0.15) is 4.39 Å². The Hall–Kier alpha value is -0.700. The van der Waals surface area contributed by atoms with Crippen LogP contribution in [0.2, 0.25) is 0 Å². The van der Waals surface area contributed by atoms with Crippen LogP contribution in [-0.4, -0.2) is 4.98 Å². The molecule has 0 N–H and O–H groups in total. The number of alkyl halides is 1. The molecule has 0 aromatic carbocycles. The van der Waals surface area contributed by atoms with E-state index in [2.05, 4.69) is 4.98 Å². The topological polar surface area (TPSA) is 12.9 Å². The molecule has 0 saturated heterocycles. The third-order valence-corrected chi connectivity index (χ3v) is 1.55. The Kier molecular flexibility index (Phi) is 2.39. The molecular weight excluding hydrogens is 172 g/mol. The van der Waals surface area contributed by atoms with Crippen molar-refractivity contribution >= 4 is 11.6 Å². The molecule has 60 valence electrons. The molecular formula is C7H6ClF2N. The molecule has 1 rings (SSSR count). The molecule has 0 saturated carbocycles. The van der Waals surface area contributed by atoms with Crippen molar-refractivity contribution in [3.8, 4) is 0 Å². The normalized spacial score (nSPS) is 10.2. The van der Waals surface area contributed by atoms with Crippen LogP contribution in [0.3, 0.4) is 0 Å². The molecule has 0 bridgehead atoms. The van der Waals surface area contributed by atoms with Gasteiger partial charge >= 0.3 is 0 Å². The minimum Gasteiger partial charge on any atom is -0.223 e. The van der Waals surface area contributed by atoms with Crippen LogP contribution in [0.5, 0.6) is 0 Å². The second-order valence-corrected chi connectivity index (χ2v) is 2.43. The van der Waals surface area contributed by atoms with Gasteiger partial charge in [0.1, 0.15) is 0 Å². The van der Waals surface area contributed by atoms with Crippen LogP contribution >= 0.6 is 11.6 Å². The molecule has 0 radical (unpaired) electrons. The molecule has 1 nitrogen and oxygen atoms in total. The fraction of sp³-hybridized carbons (Fsp3) is 0.286. The summed E-state index contributed by atoms with van der Waals surface area (Å²) in [5, 5.41) is 0. The number of hydrogen-bond donors (Lipinski definition) is 0. The van der Waals surface area contributed by atoms with Gasteiger partial charge in [-0.15, -0.1) is 11.6 Å². The summed E-state index contributed by atoms with van der Waals surface area (Å²) in [5.41, 5.74) is 0.580. The van der Waals surface area contributed by atoms with Gasteiger partial charge in [0, 0.05) is 11.3 Å². The number of nitrogens with zero attached hydrogens (tertiary/aromatic N) is 1. The Balaban J connectivity index is 3.24. The maximum absolute atomic E-state index is 12.7. The molecule has 11 heavy (non-hydrogen) atoms.